The molecule has 7 nitrogen and oxygen atoms in total. The molecule has 1 aromatic carbocycles. The van der Waals surface area contributed by atoms with Crippen LogP contribution in [-0.4, -0.2) is 30.2 Å². The monoisotopic (exact) mass is 343 g/mol. The van der Waals surface area contributed by atoms with E-state index in [0.29, 0.717) is 14.7 Å². The van der Waals surface area contributed by atoms with Gasteiger partial charge in [-0.15, -0.1) is 5.10 Å². The molecule has 0 fully saturated rings. The van der Waals surface area contributed by atoms with E-state index in [1.807, 2.05) is 0 Å². The van der Waals surface area contributed by atoms with Gasteiger partial charge in [0.1, 0.15) is 5.56 Å². The molecule has 1 heterocycles. The second-order valence-electron chi connectivity index (χ2n) is 4.39. The molecule has 0 amide bonds. The number of halogens is 1. The van der Waals surface area contributed by atoms with Crippen LogP contribution in [0.3, 0.4) is 0 Å². The van der Waals surface area contributed by atoms with Crippen LogP contribution in [0.2, 0.25) is 5.02 Å². The van der Waals surface area contributed by atoms with Crippen LogP contribution in [0.15, 0.2) is 29.3 Å². The Morgan fingerprint density at radius 2 is 2.14 bits per heavy atom. The highest BCUT2D eigenvalue weighted by molar-refractivity contribution is 7.89. The molecule has 0 saturated heterocycles. The molecule has 0 aliphatic heterocycles. The van der Waals surface area contributed by atoms with E-state index in [4.69, 9.17) is 22.1 Å². The van der Waals surface area contributed by atoms with Gasteiger partial charge < -0.3 is 10.5 Å². The van der Waals surface area contributed by atoms with E-state index in [0.717, 1.165) is 6.20 Å². The number of benzene rings is 1. The van der Waals surface area contributed by atoms with Crippen molar-refractivity contribution in [3.05, 3.63) is 40.5 Å². The average molecular weight is 344 g/mol. The lowest BCUT2D eigenvalue weighted by atomic mass is 10.2. The summed E-state index contributed by atoms with van der Waals surface area (Å²) >= 11 is 5.94. The summed E-state index contributed by atoms with van der Waals surface area (Å²) in [6.45, 7) is 3.35. The van der Waals surface area contributed by atoms with Crippen molar-refractivity contribution in [3.63, 3.8) is 0 Å². The summed E-state index contributed by atoms with van der Waals surface area (Å²) < 4.78 is 30.6. The largest absolute Gasteiger partial charge is 0.462 e. The van der Waals surface area contributed by atoms with Crippen molar-refractivity contribution >= 4 is 33.4 Å². The van der Waals surface area contributed by atoms with Crippen LogP contribution >= 0.6 is 11.6 Å². The minimum absolute atomic E-state index is 0.0158. The first-order valence-electron chi connectivity index (χ1n) is 6.32. The number of ether oxygens (including phenoxy) is 1. The van der Waals surface area contributed by atoms with Crippen LogP contribution in [0.1, 0.15) is 22.8 Å². The number of aromatic nitrogens is 2. The molecule has 0 atom stereocenters. The van der Waals surface area contributed by atoms with Gasteiger partial charge in [0, 0.05) is 5.02 Å². The van der Waals surface area contributed by atoms with E-state index in [9.17, 15) is 13.2 Å². The van der Waals surface area contributed by atoms with E-state index in [1.54, 1.807) is 19.9 Å². The second kappa shape index (κ2) is 5.98. The standard InChI is InChI=1S/C13H14ClN3O4S/c1-3-21-13(18)9-7-17(16-12(9)15)22(19,20)11-6-4-5-10(14)8(11)2/h4-7H,3H2,1-2H3,(H2,15,16). The number of nitrogens with zero attached hydrogens (tertiary/aromatic N) is 2. The quantitative estimate of drug-likeness (QED) is 0.849. The van der Waals surface area contributed by atoms with Gasteiger partial charge in [0.05, 0.1) is 17.7 Å². The zero-order valence-electron chi connectivity index (χ0n) is 11.9. The van der Waals surface area contributed by atoms with Gasteiger partial charge in [-0.05, 0) is 31.5 Å². The SMILES string of the molecule is CCOC(=O)c1cn(S(=O)(=O)c2cccc(Cl)c2C)nc1N. The van der Waals surface area contributed by atoms with Gasteiger partial charge in [0.2, 0.25) is 0 Å². The molecular weight excluding hydrogens is 330 g/mol. The summed E-state index contributed by atoms with van der Waals surface area (Å²) in [7, 11) is -4.01. The number of anilines is 1. The average Bonchev–Trinajstić information content (AvgIpc) is 2.85. The molecular formula is C13H14ClN3O4S. The van der Waals surface area contributed by atoms with E-state index in [1.165, 1.54) is 12.1 Å². The number of hydrogen-bond acceptors (Lipinski definition) is 6. The fraction of sp³-hybridized carbons (Fsp3) is 0.231. The Morgan fingerprint density at radius 1 is 1.45 bits per heavy atom. The van der Waals surface area contributed by atoms with Crippen molar-refractivity contribution in [1.82, 2.24) is 9.19 Å². The minimum atomic E-state index is -4.01. The van der Waals surface area contributed by atoms with Crippen LogP contribution in [0.25, 0.3) is 0 Å². The van der Waals surface area contributed by atoms with Crippen LogP contribution in [0.4, 0.5) is 5.82 Å². The van der Waals surface area contributed by atoms with Crippen LogP contribution in [0, 0.1) is 6.92 Å². The maximum Gasteiger partial charge on any atom is 0.343 e. The highest BCUT2D eigenvalue weighted by Crippen LogP contribution is 2.25. The fourth-order valence-corrected chi connectivity index (χ4v) is 3.44. The third-order valence-electron chi connectivity index (χ3n) is 2.96. The predicted molar refractivity (Wildman–Crippen MR) is 81.4 cm³/mol. The van der Waals surface area contributed by atoms with Gasteiger partial charge in [-0.3, -0.25) is 0 Å². The normalized spacial score (nSPS) is 11.4. The zero-order valence-corrected chi connectivity index (χ0v) is 13.5. The molecule has 9 heteroatoms. The van der Waals surface area contributed by atoms with E-state index in [-0.39, 0.29) is 22.9 Å². The third-order valence-corrected chi connectivity index (χ3v) is 5.05. The summed E-state index contributed by atoms with van der Waals surface area (Å²) in [4.78, 5) is 11.7. The third kappa shape index (κ3) is 2.79. The Hall–Kier alpha value is -2.06. The Morgan fingerprint density at radius 3 is 2.77 bits per heavy atom. The van der Waals surface area contributed by atoms with Gasteiger partial charge in [-0.25, -0.2) is 4.79 Å². The van der Waals surface area contributed by atoms with Gasteiger partial charge in [-0.1, -0.05) is 17.7 Å². The van der Waals surface area contributed by atoms with Crippen LogP contribution in [-0.2, 0) is 14.8 Å². The minimum Gasteiger partial charge on any atom is -0.462 e. The van der Waals surface area contributed by atoms with Gasteiger partial charge in [0.15, 0.2) is 5.82 Å². The Labute approximate surface area is 132 Å². The van der Waals surface area contributed by atoms with E-state index in [2.05, 4.69) is 5.10 Å². The van der Waals surface area contributed by atoms with Crippen LogP contribution in [0.5, 0.6) is 0 Å². The summed E-state index contributed by atoms with van der Waals surface area (Å²) in [6, 6.07) is 4.50. The Bertz CT molecular complexity index is 830. The van der Waals surface area contributed by atoms with E-state index < -0.39 is 16.0 Å². The maximum atomic E-state index is 12.6. The summed E-state index contributed by atoms with van der Waals surface area (Å²) in [5, 5.41) is 4.01. The van der Waals surface area contributed by atoms with Crippen molar-refractivity contribution < 1.29 is 17.9 Å². The Kier molecular flexibility index (Phi) is 4.43. The molecule has 2 aromatic rings. The summed E-state index contributed by atoms with van der Waals surface area (Å²) in [5.41, 5.74) is 5.87. The highest BCUT2D eigenvalue weighted by Gasteiger charge is 2.25. The molecule has 0 radical (unpaired) electrons. The van der Waals surface area contributed by atoms with E-state index >= 15 is 0 Å². The number of hydrogen-bond donors (Lipinski definition) is 1. The fourth-order valence-electron chi connectivity index (χ4n) is 1.82. The van der Waals surface area contributed by atoms with Crippen molar-refractivity contribution in [3.8, 4) is 0 Å². The number of esters is 1. The summed E-state index contributed by atoms with van der Waals surface area (Å²) in [5.74, 6) is -0.953. The number of carbonyl (C=O) groups is 1. The number of carbonyl (C=O) groups excluding carboxylic acids is 1. The van der Waals surface area contributed by atoms with Crippen molar-refractivity contribution in [2.75, 3.05) is 12.3 Å². The molecule has 0 unspecified atom stereocenters. The Balaban J connectivity index is 2.54. The molecule has 0 spiro atoms. The van der Waals surface area contributed by atoms with Crippen molar-refractivity contribution in [1.29, 1.82) is 0 Å². The smallest absolute Gasteiger partial charge is 0.343 e. The lowest BCUT2D eigenvalue weighted by Crippen LogP contribution is -2.15. The summed E-state index contributed by atoms with van der Waals surface area (Å²) in [6.07, 6.45) is 1.03. The highest BCUT2D eigenvalue weighted by atomic mass is 35.5. The maximum absolute atomic E-state index is 12.6. The first kappa shape index (κ1) is 16.3. The molecule has 0 saturated carbocycles. The van der Waals surface area contributed by atoms with Crippen molar-refractivity contribution in [2.45, 2.75) is 18.7 Å². The molecule has 22 heavy (non-hydrogen) atoms. The molecule has 1 aromatic heterocycles. The number of rotatable bonds is 4. The number of nitrogen functional groups attached to an aromatic ring is 1. The van der Waals surface area contributed by atoms with Crippen LogP contribution < -0.4 is 5.73 Å². The zero-order chi connectivity index (χ0) is 16.5. The van der Waals surface area contributed by atoms with Gasteiger partial charge in [-0.2, -0.15) is 12.5 Å². The van der Waals surface area contributed by atoms with Gasteiger partial charge >= 0.3 is 5.97 Å². The van der Waals surface area contributed by atoms with Crippen molar-refractivity contribution in [2.24, 2.45) is 0 Å². The topological polar surface area (TPSA) is 104 Å². The molecule has 118 valence electrons. The van der Waals surface area contributed by atoms with Gasteiger partial charge in [0.25, 0.3) is 10.0 Å². The first-order valence-corrected chi connectivity index (χ1v) is 8.13. The second-order valence-corrected chi connectivity index (χ2v) is 6.56. The first-order chi connectivity index (χ1) is 10.3. The molecule has 0 aliphatic rings. The molecule has 2 N–H and O–H groups in total. The lowest BCUT2D eigenvalue weighted by Gasteiger charge is -2.08. The molecule has 0 aliphatic carbocycles. The molecule has 2 rings (SSSR count). The predicted octanol–water partition coefficient (Wildman–Crippen LogP) is 1.84. The lowest BCUT2D eigenvalue weighted by molar-refractivity contribution is 0.0527. The number of nitrogens with two attached hydrogens (primary N) is 1. The molecule has 0 bridgehead atoms.